The molecule has 2 saturated heterocycles. The molecule has 2 heterocycles. The van der Waals surface area contributed by atoms with Crippen LogP contribution in [0.15, 0.2) is 18.2 Å². The number of halogens is 1. The highest BCUT2D eigenvalue weighted by molar-refractivity contribution is 6.31. The normalized spacial score (nSPS) is 23.0. The lowest BCUT2D eigenvalue weighted by atomic mass is 10.1. The molecule has 0 spiro atoms. The number of carbonyl (C=O) groups excluding carboxylic acids is 1. The summed E-state index contributed by atoms with van der Waals surface area (Å²) in [6, 6.07) is 6.08. The first kappa shape index (κ1) is 15.6. The van der Waals surface area contributed by atoms with Gasteiger partial charge in [-0.25, -0.2) is 0 Å². The largest absolute Gasteiger partial charge is 0.371 e. The van der Waals surface area contributed by atoms with E-state index in [9.17, 15) is 4.79 Å². The van der Waals surface area contributed by atoms with Crippen LogP contribution in [0.1, 0.15) is 18.4 Å². The topological polar surface area (TPSA) is 58.8 Å². The maximum Gasteiger partial charge on any atom is 0.247 e. The summed E-state index contributed by atoms with van der Waals surface area (Å²) in [6.45, 7) is 4.73. The molecule has 3 rings (SSSR count). The number of primary amides is 1. The van der Waals surface area contributed by atoms with Crippen molar-refractivity contribution in [3.8, 4) is 0 Å². The van der Waals surface area contributed by atoms with Crippen LogP contribution in [0.2, 0.25) is 5.02 Å². The third kappa shape index (κ3) is 3.37. The third-order valence-electron chi connectivity index (χ3n) is 4.39. The summed E-state index contributed by atoms with van der Waals surface area (Å²) >= 11 is 6.45. The van der Waals surface area contributed by atoms with Gasteiger partial charge in [0.05, 0.1) is 6.61 Å². The van der Waals surface area contributed by atoms with Crippen molar-refractivity contribution in [2.24, 2.45) is 5.73 Å². The number of nitrogens with zero attached hydrogens (tertiary/aromatic N) is 2. The van der Waals surface area contributed by atoms with E-state index in [2.05, 4.69) is 15.9 Å². The van der Waals surface area contributed by atoms with Gasteiger partial charge >= 0.3 is 0 Å². The number of anilines is 1. The number of amides is 1. The van der Waals surface area contributed by atoms with Crippen molar-refractivity contribution in [2.75, 3.05) is 37.7 Å². The second-order valence-corrected chi connectivity index (χ2v) is 6.34. The lowest BCUT2D eigenvalue weighted by Gasteiger charge is -2.33. The Morgan fingerprint density at radius 3 is 2.82 bits per heavy atom. The summed E-state index contributed by atoms with van der Waals surface area (Å²) in [5, 5.41) is 0.784. The molecule has 2 N–H and O–H groups in total. The Labute approximate surface area is 136 Å². The Morgan fingerprint density at radius 1 is 1.32 bits per heavy atom. The van der Waals surface area contributed by atoms with Crippen LogP contribution in [0.5, 0.6) is 0 Å². The van der Waals surface area contributed by atoms with Gasteiger partial charge in [0.2, 0.25) is 5.91 Å². The second kappa shape index (κ2) is 6.86. The summed E-state index contributed by atoms with van der Waals surface area (Å²) < 4.78 is 5.41. The van der Waals surface area contributed by atoms with Crippen molar-refractivity contribution in [3.05, 3.63) is 28.8 Å². The van der Waals surface area contributed by atoms with Crippen LogP contribution in [-0.2, 0) is 16.1 Å². The van der Waals surface area contributed by atoms with E-state index in [1.165, 1.54) is 18.5 Å². The van der Waals surface area contributed by atoms with E-state index in [1.54, 1.807) is 0 Å². The number of rotatable bonds is 4. The zero-order valence-corrected chi connectivity index (χ0v) is 13.4. The predicted octanol–water partition coefficient (Wildman–Crippen LogP) is 1.63. The van der Waals surface area contributed by atoms with Gasteiger partial charge in [-0.05, 0) is 25.0 Å². The van der Waals surface area contributed by atoms with E-state index in [1.807, 2.05) is 12.1 Å². The molecule has 0 aromatic heterocycles. The lowest BCUT2D eigenvalue weighted by molar-refractivity contribution is -0.135. The van der Waals surface area contributed by atoms with E-state index in [0.717, 1.165) is 36.8 Å². The van der Waals surface area contributed by atoms with Gasteiger partial charge in [-0.2, -0.15) is 0 Å². The van der Waals surface area contributed by atoms with E-state index >= 15 is 0 Å². The molecule has 0 bridgehead atoms. The maximum absolute atomic E-state index is 11.3. The molecular formula is C16H22ClN3O2. The monoisotopic (exact) mass is 323 g/mol. The minimum absolute atomic E-state index is 0.399. The maximum atomic E-state index is 11.3. The highest BCUT2D eigenvalue weighted by Gasteiger charge is 2.26. The van der Waals surface area contributed by atoms with E-state index < -0.39 is 12.0 Å². The standard InChI is InChI=1S/C16H22ClN3O2/c17-13-4-3-5-14(20-6-1-2-7-20)12(13)10-19-8-9-22-15(11-19)16(18)21/h3-5,15H,1-2,6-11H2,(H2,18,21)/t15-/m0/s1. The third-order valence-corrected chi connectivity index (χ3v) is 4.74. The van der Waals surface area contributed by atoms with E-state index in [0.29, 0.717) is 13.2 Å². The molecule has 2 fully saturated rings. The summed E-state index contributed by atoms with van der Waals surface area (Å²) in [6.07, 6.45) is 1.94. The van der Waals surface area contributed by atoms with Gasteiger partial charge in [-0.1, -0.05) is 17.7 Å². The van der Waals surface area contributed by atoms with Crippen molar-refractivity contribution < 1.29 is 9.53 Å². The molecule has 120 valence electrons. The first-order valence-corrected chi connectivity index (χ1v) is 8.18. The molecular weight excluding hydrogens is 302 g/mol. The molecule has 2 aliphatic rings. The summed E-state index contributed by atoms with van der Waals surface area (Å²) in [4.78, 5) is 15.9. The smallest absolute Gasteiger partial charge is 0.247 e. The molecule has 2 aliphatic heterocycles. The van der Waals surface area contributed by atoms with Crippen LogP contribution in [0.25, 0.3) is 0 Å². The van der Waals surface area contributed by atoms with Crippen molar-refractivity contribution in [3.63, 3.8) is 0 Å². The van der Waals surface area contributed by atoms with Crippen LogP contribution in [0, 0.1) is 0 Å². The minimum Gasteiger partial charge on any atom is -0.371 e. The fourth-order valence-corrected chi connectivity index (χ4v) is 3.43. The van der Waals surface area contributed by atoms with Crippen LogP contribution in [-0.4, -0.2) is 49.7 Å². The molecule has 5 nitrogen and oxygen atoms in total. The van der Waals surface area contributed by atoms with Gasteiger partial charge in [0.25, 0.3) is 0 Å². The summed E-state index contributed by atoms with van der Waals surface area (Å²) in [7, 11) is 0. The molecule has 1 amide bonds. The van der Waals surface area contributed by atoms with Crippen molar-refractivity contribution in [1.29, 1.82) is 0 Å². The SMILES string of the molecule is NC(=O)[C@@H]1CN(Cc2c(Cl)cccc2N2CCCC2)CCO1. The van der Waals surface area contributed by atoms with Crippen LogP contribution < -0.4 is 10.6 Å². The zero-order chi connectivity index (χ0) is 15.5. The number of hydrogen-bond acceptors (Lipinski definition) is 4. The molecule has 6 heteroatoms. The zero-order valence-electron chi connectivity index (χ0n) is 12.6. The average Bonchev–Trinajstić information content (AvgIpc) is 3.04. The fourth-order valence-electron chi connectivity index (χ4n) is 3.20. The van der Waals surface area contributed by atoms with Gasteiger partial charge < -0.3 is 15.4 Å². The molecule has 1 aromatic carbocycles. The van der Waals surface area contributed by atoms with Crippen molar-refractivity contribution >= 4 is 23.2 Å². The van der Waals surface area contributed by atoms with Crippen molar-refractivity contribution in [1.82, 2.24) is 4.90 Å². The molecule has 0 aliphatic carbocycles. The van der Waals surface area contributed by atoms with Gasteiger partial charge in [0, 0.05) is 49.0 Å². The molecule has 22 heavy (non-hydrogen) atoms. The molecule has 0 unspecified atom stereocenters. The molecule has 0 radical (unpaired) electrons. The fraction of sp³-hybridized carbons (Fsp3) is 0.562. The van der Waals surface area contributed by atoms with Gasteiger partial charge in [0.15, 0.2) is 0 Å². The molecule has 1 atom stereocenters. The Hall–Kier alpha value is -1.30. The van der Waals surface area contributed by atoms with Gasteiger partial charge in [-0.15, -0.1) is 0 Å². The van der Waals surface area contributed by atoms with Crippen LogP contribution in [0.4, 0.5) is 5.69 Å². The first-order chi connectivity index (χ1) is 10.6. The number of morpholine rings is 1. The lowest BCUT2D eigenvalue weighted by Crippen LogP contribution is -2.48. The average molecular weight is 324 g/mol. The first-order valence-electron chi connectivity index (χ1n) is 7.81. The highest BCUT2D eigenvalue weighted by atomic mass is 35.5. The number of carbonyl (C=O) groups is 1. The Morgan fingerprint density at radius 2 is 2.09 bits per heavy atom. The predicted molar refractivity (Wildman–Crippen MR) is 87.1 cm³/mol. The quantitative estimate of drug-likeness (QED) is 0.915. The second-order valence-electron chi connectivity index (χ2n) is 5.93. The summed E-state index contributed by atoms with van der Waals surface area (Å²) in [5.41, 5.74) is 7.71. The number of ether oxygens (including phenoxy) is 1. The Kier molecular flexibility index (Phi) is 4.86. The van der Waals surface area contributed by atoms with Gasteiger partial charge in [0.1, 0.15) is 6.10 Å². The Bertz CT molecular complexity index is 546. The Balaban J connectivity index is 1.77. The molecule has 1 aromatic rings. The molecule has 0 saturated carbocycles. The van der Waals surface area contributed by atoms with Crippen LogP contribution >= 0.6 is 11.6 Å². The number of nitrogens with two attached hydrogens (primary N) is 1. The number of benzene rings is 1. The summed E-state index contributed by atoms with van der Waals surface area (Å²) in [5.74, 6) is -0.399. The number of hydrogen-bond donors (Lipinski definition) is 1. The minimum atomic E-state index is -0.522. The van der Waals surface area contributed by atoms with E-state index in [-0.39, 0.29) is 0 Å². The van der Waals surface area contributed by atoms with Gasteiger partial charge in [-0.3, -0.25) is 9.69 Å². The van der Waals surface area contributed by atoms with Crippen molar-refractivity contribution in [2.45, 2.75) is 25.5 Å². The van der Waals surface area contributed by atoms with E-state index in [4.69, 9.17) is 22.1 Å². The highest BCUT2D eigenvalue weighted by Crippen LogP contribution is 2.31. The van der Waals surface area contributed by atoms with Crippen LogP contribution in [0.3, 0.4) is 0 Å².